The molecule has 0 spiro atoms. The van der Waals surface area contributed by atoms with E-state index in [-0.39, 0.29) is 24.3 Å². The molecule has 3 atom stereocenters. The van der Waals surface area contributed by atoms with Crippen molar-refractivity contribution in [2.75, 3.05) is 47.0 Å². The number of piperidine rings is 1. The molecule has 2 aromatic rings. The third-order valence-corrected chi connectivity index (χ3v) is 8.90. The van der Waals surface area contributed by atoms with Gasteiger partial charge in [0.2, 0.25) is 5.91 Å². The van der Waals surface area contributed by atoms with Crippen molar-refractivity contribution in [3.05, 3.63) is 24.0 Å². The number of aromatic nitrogens is 2. The van der Waals surface area contributed by atoms with E-state index in [1.165, 1.54) is 4.90 Å². The van der Waals surface area contributed by atoms with Gasteiger partial charge in [0.1, 0.15) is 11.3 Å². The summed E-state index contributed by atoms with van der Waals surface area (Å²) in [6.45, 7) is 13.2. The van der Waals surface area contributed by atoms with Crippen LogP contribution in [-0.2, 0) is 16.1 Å². The van der Waals surface area contributed by atoms with Crippen LogP contribution in [0, 0.1) is 17.3 Å². The number of fused-ring (bicyclic) bond motifs is 1. The predicted molar refractivity (Wildman–Crippen MR) is 169 cm³/mol. The minimum atomic E-state index is -1.07. The second-order valence-corrected chi connectivity index (χ2v) is 13.7. The van der Waals surface area contributed by atoms with Crippen LogP contribution in [0.4, 0.5) is 4.79 Å². The fourth-order valence-corrected chi connectivity index (χ4v) is 7.05. The Morgan fingerprint density at radius 3 is 2.41 bits per heavy atom. The molecule has 0 bridgehead atoms. The molecule has 0 radical (unpaired) electrons. The number of amides is 3. The lowest BCUT2D eigenvalue weighted by atomic mass is 9.74. The number of hydrogen-bond acceptors (Lipinski definition) is 6. The van der Waals surface area contributed by atoms with E-state index in [1.54, 1.807) is 14.2 Å². The van der Waals surface area contributed by atoms with Crippen molar-refractivity contribution in [2.24, 2.45) is 17.3 Å². The van der Waals surface area contributed by atoms with Gasteiger partial charge in [-0.3, -0.25) is 9.59 Å². The zero-order chi connectivity index (χ0) is 32.2. The van der Waals surface area contributed by atoms with Crippen LogP contribution in [0.2, 0.25) is 0 Å². The fraction of sp³-hybridized carbons (Fsp3) is 0.697. The molecule has 1 aromatic heterocycles. The maximum absolute atomic E-state index is 14.9. The summed E-state index contributed by atoms with van der Waals surface area (Å²) in [4.78, 5) is 51.4. The van der Waals surface area contributed by atoms with Crippen LogP contribution in [0.1, 0.15) is 77.3 Å². The van der Waals surface area contributed by atoms with E-state index in [1.807, 2.05) is 67.2 Å². The van der Waals surface area contributed by atoms with Gasteiger partial charge in [-0.15, -0.1) is 0 Å². The lowest BCUT2D eigenvalue weighted by Crippen LogP contribution is -2.66. The summed E-state index contributed by atoms with van der Waals surface area (Å²) in [7, 11) is 3.26. The summed E-state index contributed by atoms with van der Waals surface area (Å²) in [6, 6.07) is 4.64. The van der Waals surface area contributed by atoms with Crippen LogP contribution < -0.4 is 4.74 Å². The molecule has 44 heavy (non-hydrogen) atoms. The van der Waals surface area contributed by atoms with E-state index in [2.05, 4.69) is 0 Å². The molecule has 3 heterocycles. The molecule has 3 amide bonds. The van der Waals surface area contributed by atoms with Crippen LogP contribution in [-0.4, -0.2) is 106 Å². The highest BCUT2D eigenvalue weighted by Crippen LogP contribution is 2.39. The third-order valence-electron chi connectivity index (χ3n) is 8.90. The van der Waals surface area contributed by atoms with Crippen molar-refractivity contribution in [3.63, 3.8) is 0 Å². The number of ether oxygens (including phenoxy) is 2. The molecule has 1 unspecified atom stereocenters. The van der Waals surface area contributed by atoms with Crippen LogP contribution in [0.15, 0.2) is 18.2 Å². The highest BCUT2D eigenvalue weighted by Gasteiger charge is 2.50. The van der Waals surface area contributed by atoms with Gasteiger partial charge in [0.15, 0.2) is 5.82 Å². The van der Waals surface area contributed by atoms with E-state index in [0.717, 1.165) is 31.2 Å². The van der Waals surface area contributed by atoms with Gasteiger partial charge in [-0.2, -0.15) is 0 Å². The first-order chi connectivity index (χ1) is 20.9. The molecule has 2 aliphatic rings. The summed E-state index contributed by atoms with van der Waals surface area (Å²) >= 11 is 0. The highest BCUT2D eigenvalue weighted by atomic mass is 16.5. The molecular weight excluding hydrogens is 562 g/mol. The first-order valence-corrected chi connectivity index (χ1v) is 16.0. The maximum atomic E-state index is 14.9. The number of likely N-dealkylation sites (tertiary alicyclic amines) is 2. The van der Waals surface area contributed by atoms with E-state index < -0.39 is 29.5 Å². The number of nitrogens with zero attached hydrogens (tertiary/aromatic N) is 5. The van der Waals surface area contributed by atoms with Crippen molar-refractivity contribution in [3.8, 4) is 5.75 Å². The Bertz CT molecular complexity index is 1310. The molecule has 1 N–H and O–H groups in total. The summed E-state index contributed by atoms with van der Waals surface area (Å²) in [5.41, 5.74) is 0.920. The maximum Gasteiger partial charge on any atom is 0.407 e. The van der Waals surface area contributed by atoms with Gasteiger partial charge in [-0.25, -0.2) is 9.78 Å². The van der Waals surface area contributed by atoms with Gasteiger partial charge in [0.25, 0.3) is 5.91 Å². The Morgan fingerprint density at radius 2 is 1.82 bits per heavy atom. The van der Waals surface area contributed by atoms with Gasteiger partial charge < -0.3 is 33.8 Å². The van der Waals surface area contributed by atoms with Crippen molar-refractivity contribution >= 4 is 28.9 Å². The minimum absolute atomic E-state index is 0.0156. The third kappa shape index (κ3) is 7.14. The Morgan fingerprint density at radius 1 is 1.11 bits per heavy atom. The minimum Gasteiger partial charge on any atom is -0.494 e. The molecular formula is C33H51N5O6. The SMILES string of the molecule is COCCCCn1c(C(=O)N(CC(C)C)[C@H]2C[C@@H](C(=O)N3CCCC3)CN(C(=O)O)C2C(C)(C)C)nc2c(OC)cccc21. The van der Waals surface area contributed by atoms with Gasteiger partial charge in [0, 0.05) is 46.4 Å². The highest BCUT2D eigenvalue weighted by molar-refractivity contribution is 5.96. The van der Waals surface area contributed by atoms with E-state index in [0.29, 0.717) is 56.3 Å². The van der Waals surface area contributed by atoms with E-state index in [4.69, 9.17) is 14.5 Å². The van der Waals surface area contributed by atoms with Crippen molar-refractivity contribution in [1.29, 1.82) is 0 Å². The second kappa shape index (κ2) is 14.2. The fourth-order valence-electron chi connectivity index (χ4n) is 7.05. The summed E-state index contributed by atoms with van der Waals surface area (Å²) < 4.78 is 12.8. The predicted octanol–water partition coefficient (Wildman–Crippen LogP) is 4.98. The second-order valence-electron chi connectivity index (χ2n) is 13.7. The number of imidazole rings is 1. The van der Waals surface area contributed by atoms with E-state index in [9.17, 15) is 19.5 Å². The number of carbonyl (C=O) groups is 3. The largest absolute Gasteiger partial charge is 0.494 e. The van der Waals surface area contributed by atoms with Gasteiger partial charge in [-0.05, 0) is 55.6 Å². The van der Waals surface area contributed by atoms with Gasteiger partial charge in [0.05, 0.1) is 30.6 Å². The average Bonchev–Trinajstić information content (AvgIpc) is 3.65. The number of methoxy groups -OCH3 is 2. The molecule has 2 fully saturated rings. The zero-order valence-electron chi connectivity index (χ0n) is 27.5. The number of carbonyl (C=O) groups excluding carboxylic acids is 2. The molecule has 1 aromatic carbocycles. The smallest absolute Gasteiger partial charge is 0.407 e. The molecule has 244 valence electrons. The average molecular weight is 614 g/mol. The number of aryl methyl sites for hydroxylation is 1. The standard InChI is InChI=1S/C33H51N5O6/c1-22(2)20-37(31(40)29-34-27-24(13-12-14-26(27)44-7)36(29)17-10-11-18-43-6)25-19-23(30(39)35-15-8-9-16-35)21-38(32(41)42)28(25)33(3,4)5/h12-14,22-23,25,28H,8-11,15-21H2,1-7H3,(H,41,42)/t23-,25+,28?/m1/s1. The molecule has 2 saturated heterocycles. The van der Waals surface area contributed by atoms with Crippen molar-refractivity contribution in [2.45, 2.75) is 85.4 Å². The quantitative estimate of drug-likeness (QED) is 0.356. The Labute approximate surface area is 261 Å². The van der Waals surface area contributed by atoms with Crippen LogP contribution in [0.5, 0.6) is 5.75 Å². The lowest BCUT2D eigenvalue weighted by molar-refractivity contribution is -0.139. The topological polar surface area (TPSA) is 117 Å². The summed E-state index contributed by atoms with van der Waals surface area (Å²) in [6.07, 6.45) is 2.85. The number of benzene rings is 1. The number of carboxylic acid groups (broad SMARTS) is 1. The zero-order valence-corrected chi connectivity index (χ0v) is 27.5. The Kier molecular flexibility index (Phi) is 10.8. The first kappa shape index (κ1) is 33.6. The van der Waals surface area contributed by atoms with Gasteiger partial charge in [-0.1, -0.05) is 40.7 Å². The number of rotatable bonds is 11. The van der Waals surface area contributed by atoms with Gasteiger partial charge >= 0.3 is 6.09 Å². The van der Waals surface area contributed by atoms with Crippen molar-refractivity contribution in [1.82, 2.24) is 24.3 Å². The molecule has 11 heteroatoms. The lowest BCUT2D eigenvalue weighted by Gasteiger charge is -2.52. The molecule has 0 aliphatic carbocycles. The Balaban J connectivity index is 1.82. The molecule has 4 rings (SSSR count). The van der Waals surface area contributed by atoms with Crippen molar-refractivity contribution < 1.29 is 29.0 Å². The summed E-state index contributed by atoms with van der Waals surface area (Å²) in [5, 5.41) is 10.5. The molecule has 2 aliphatic heterocycles. The summed E-state index contributed by atoms with van der Waals surface area (Å²) in [5.74, 6) is 0.178. The van der Waals surface area contributed by atoms with Crippen LogP contribution in [0.25, 0.3) is 11.0 Å². The Hall–Kier alpha value is -3.34. The molecule has 0 saturated carbocycles. The first-order valence-electron chi connectivity index (χ1n) is 16.0. The van der Waals surface area contributed by atoms with Crippen LogP contribution >= 0.6 is 0 Å². The normalized spacial score (nSPS) is 20.9. The number of hydrogen-bond donors (Lipinski definition) is 1. The monoisotopic (exact) mass is 613 g/mol. The molecule has 11 nitrogen and oxygen atoms in total. The van der Waals surface area contributed by atoms with E-state index >= 15 is 0 Å². The number of unbranched alkanes of at least 4 members (excludes halogenated alkanes) is 1. The van der Waals surface area contributed by atoms with Crippen LogP contribution in [0.3, 0.4) is 0 Å². The number of para-hydroxylation sites is 1.